The van der Waals surface area contributed by atoms with Crippen LogP contribution in [0.25, 0.3) is 0 Å². The third kappa shape index (κ3) is 2.68. The largest absolute Gasteiger partial charge is 0.491 e. The van der Waals surface area contributed by atoms with Gasteiger partial charge in [-0.25, -0.2) is 4.98 Å². The number of nitrogens with two attached hydrogens (primary N) is 1. The van der Waals surface area contributed by atoms with E-state index in [9.17, 15) is 4.79 Å². The highest BCUT2D eigenvalue weighted by molar-refractivity contribution is 5.92. The first-order chi connectivity index (χ1) is 8.68. The Morgan fingerprint density at radius 3 is 2.89 bits per heavy atom. The SMILES string of the molecule is Cn1ccnc1C(=O)CCOc1ccccc1N. The minimum atomic E-state index is -0.0444. The van der Waals surface area contributed by atoms with Crippen LogP contribution in [0.15, 0.2) is 36.7 Å². The third-order valence-corrected chi connectivity index (χ3v) is 2.58. The van der Waals surface area contributed by atoms with Crippen molar-refractivity contribution in [1.29, 1.82) is 0 Å². The second kappa shape index (κ2) is 5.35. The molecule has 0 radical (unpaired) electrons. The van der Waals surface area contributed by atoms with Crippen molar-refractivity contribution in [1.82, 2.24) is 9.55 Å². The minimum absolute atomic E-state index is 0.0444. The number of carbonyl (C=O) groups excluding carboxylic acids is 1. The number of anilines is 1. The van der Waals surface area contributed by atoms with Gasteiger partial charge in [0.1, 0.15) is 5.75 Å². The van der Waals surface area contributed by atoms with E-state index in [-0.39, 0.29) is 12.2 Å². The topological polar surface area (TPSA) is 70.1 Å². The van der Waals surface area contributed by atoms with Gasteiger partial charge in [-0.2, -0.15) is 0 Å². The number of nitrogen functional groups attached to an aromatic ring is 1. The van der Waals surface area contributed by atoms with Gasteiger partial charge in [0.25, 0.3) is 0 Å². The molecule has 0 aliphatic heterocycles. The Labute approximate surface area is 105 Å². The number of aromatic nitrogens is 2. The molecule has 0 aliphatic carbocycles. The lowest BCUT2D eigenvalue weighted by atomic mass is 10.2. The molecule has 0 unspecified atom stereocenters. The van der Waals surface area contributed by atoms with Crippen molar-refractivity contribution in [2.45, 2.75) is 6.42 Å². The van der Waals surface area contributed by atoms with Crippen LogP contribution in [-0.4, -0.2) is 21.9 Å². The quantitative estimate of drug-likeness (QED) is 0.642. The van der Waals surface area contributed by atoms with Gasteiger partial charge >= 0.3 is 0 Å². The Kier molecular flexibility index (Phi) is 3.62. The van der Waals surface area contributed by atoms with Gasteiger partial charge < -0.3 is 15.0 Å². The molecule has 5 nitrogen and oxygen atoms in total. The van der Waals surface area contributed by atoms with Crippen molar-refractivity contribution >= 4 is 11.5 Å². The summed E-state index contributed by atoms with van der Waals surface area (Å²) in [5.41, 5.74) is 6.30. The van der Waals surface area contributed by atoms with E-state index in [0.29, 0.717) is 23.9 Å². The van der Waals surface area contributed by atoms with Gasteiger partial charge in [-0.3, -0.25) is 4.79 Å². The Morgan fingerprint density at radius 2 is 2.22 bits per heavy atom. The molecule has 1 heterocycles. The van der Waals surface area contributed by atoms with E-state index in [1.54, 1.807) is 36.1 Å². The zero-order valence-electron chi connectivity index (χ0n) is 10.2. The highest BCUT2D eigenvalue weighted by Crippen LogP contribution is 2.19. The van der Waals surface area contributed by atoms with E-state index in [1.165, 1.54) is 0 Å². The summed E-state index contributed by atoms with van der Waals surface area (Å²) in [6, 6.07) is 7.21. The van der Waals surface area contributed by atoms with Crippen molar-refractivity contribution in [3.8, 4) is 5.75 Å². The van der Waals surface area contributed by atoms with Crippen molar-refractivity contribution in [3.63, 3.8) is 0 Å². The number of benzene rings is 1. The van der Waals surface area contributed by atoms with Crippen LogP contribution < -0.4 is 10.5 Å². The van der Waals surface area contributed by atoms with Gasteiger partial charge in [0, 0.05) is 25.9 Å². The molecule has 0 fully saturated rings. The van der Waals surface area contributed by atoms with Crippen LogP contribution in [0.3, 0.4) is 0 Å². The van der Waals surface area contributed by atoms with Gasteiger partial charge in [-0.15, -0.1) is 0 Å². The van der Waals surface area contributed by atoms with Gasteiger partial charge in [-0.1, -0.05) is 12.1 Å². The number of ketones is 1. The Bertz CT molecular complexity index is 549. The molecular weight excluding hydrogens is 230 g/mol. The van der Waals surface area contributed by atoms with Crippen LogP contribution >= 0.6 is 0 Å². The van der Waals surface area contributed by atoms with Crippen LogP contribution in [-0.2, 0) is 7.05 Å². The predicted molar refractivity (Wildman–Crippen MR) is 68.5 cm³/mol. The molecule has 1 aromatic heterocycles. The second-order valence-electron chi connectivity index (χ2n) is 3.92. The maximum absolute atomic E-state index is 11.8. The first-order valence-corrected chi connectivity index (χ1v) is 5.66. The van der Waals surface area contributed by atoms with E-state index in [1.807, 2.05) is 12.1 Å². The van der Waals surface area contributed by atoms with E-state index < -0.39 is 0 Å². The Balaban J connectivity index is 1.88. The lowest BCUT2D eigenvalue weighted by Crippen LogP contribution is -2.11. The maximum atomic E-state index is 11.8. The van der Waals surface area contributed by atoms with Gasteiger partial charge in [0.2, 0.25) is 5.78 Å². The molecule has 0 bridgehead atoms. The minimum Gasteiger partial charge on any atom is -0.491 e. The summed E-state index contributed by atoms with van der Waals surface area (Å²) in [5.74, 6) is 1.00. The fraction of sp³-hybridized carbons (Fsp3) is 0.231. The number of carbonyl (C=O) groups is 1. The molecule has 94 valence electrons. The lowest BCUT2D eigenvalue weighted by molar-refractivity contribution is 0.0949. The summed E-state index contributed by atoms with van der Waals surface area (Å²) in [7, 11) is 1.79. The molecule has 18 heavy (non-hydrogen) atoms. The molecule has 5 heteroatoms. The molecule has 0 aliphatic rings. The second-order valence-corrected chi connectivity index (χ2v) is 3.92. The summed E-state index contributed by atoms with van der Waals surface area (Å²) in [6.07, 6.45) is 3.62. The Morgan fingerprint density at radius 1 is 1.44 bits per heavy atom. The third-order valence-electron chi connectivity index (χ3n) is 2.58. The molecule has 2 aromatic rings. The number of aryl methyl sites for hydroxylation is 1. The highest BCUT2D eigenvalue weighted by Gasteiger charge is 2.11. The van der Waals surface area contributed by atoms with Crippen LogP contribution in [0.5, 0.6) is 5.75 Å². The number of imidazole rings is 1. The zero-order chi connectivity index (χ0) is 13.0. The number of ether oxygens (including phenoxy) is 1. The van der Waals surface area contributed by atoms with Crippen LogP contribution in [0, 0.1) is 0 Å². The first-order valence-electron chi connectivity index (χ1n) is 5.66. The number of Topliss-reactive ketones (excluding diaryl/α,β-unsaturated/α-hetero) is 1. The summed E-state index contributed by atoms with van der Waals surface area (Å²) >= 11 is 0. The number of hydrogen-bond acceptors (Lipinski definition) is 4. The molecule has 0 saturated heterocycles. The van der Waals surface area contributed by atoms with Crippen LogP contribution in [0.1, 0.15) is 17.0 Å². The Hall–Kier alpha value is -2.30. The summed E-state index contributed by atoms with van der Waals surface area (Å²) in [6.45, 7) is 0.292. The first kappa shape index (κ1) is 12.2. The van der Waals surface area contributed by atoms with E-state index in [2.05, 4.69) is 4.98 Å². The van der Waals surface area contributed by atoms with Gasteiger partial charge in [0.05, 0.1) is 12.3 Å². The monoisotopic (exact) mass is 245 g/mol. The highest BCUT2D eigenvalue weighted by atomic mass is 16.5. The average molecular weight is 245 g/mol. The van der Waals surface area contributed by atoms with Gasteiger partial charge in [0.15, 0.2) is 5.82 Å². The van der Waals surface area contributed by atoms with Crippen LogP contribution in [0.4, 0.5) is 5.69 Å². The molecule has 0 saturated carbocycles. The standard InChI is InChI=1S/C13H15N3O2/c1-16-8-7-15-13(16)11(17)6-9-18-12-5-3-2-4-10(12)14/h2-5,7-8H,6,9,14H2,1H3. The normalized spacial score (nSPS) is 10.3. The number of nitrogens with zero attached hydrogens (tertiary/aromatic N) is 2. The summed E-state index contributed by atoms with van der Waals surface area (Å²) in [4.78, 5) is 15.8. The maximum Gasteiger partial charge on any atom is 0.201 e. The summed E-state index contributed by atoms with van der Waals surface area (Å²) < 4.78 is 7.16. The molecule has 0 amide bonds. The van der Waals surface area contributed by atoms with E-state index in [0.717, 1.165) is 0 Å². The molecule has 0 atom stereocenters. The van der Waals surface area contributed by atoms with Crippen LogP contribution in [0.2, 0.25) is 0 Å². The summed E-state index contributed by atoms with van der Waals surface area (Å²) in [5, 5.41) is 0. The molecular formula is C13H15N3O2. The zero-order valence-corrected chi connectivity index (χ0v) is 10.2. The molecule has 2 N–H and O–H groups in total. The van der Waals surface area contributed by atoms with Crippen molar-refractivity contribution < 1.29 is 9.53 Å². The van der Waals surface area contributed by atoms with E-state index in [4.69, 9.17) is 10.5 Å². The molecule has 1 aromatic carbocycles. The van der Waals surface area contributed by atoms with Gasteiger partial charge in [-0.05, 0) is 12.1 Å². The molecule has 2 rings (SSSR count). The predicted octanol–water partition coefficient (Wildman–Crippen LogP) is 1.65. The molecule has 0 spiro atoms. The fourth-order valence-corrected chi connectivity index (χ4v) is 1.61. The fourth-order valence-electron chi connectivity index (χ4n) is 1.61. The van der Waals surface area contributed by atoms with Crippen molar-refractivity contribution in [2.75, 3.05) is 12.3 Å². The number of hydrogen-bond donors (Lipinski definition) is 1. The average Bonchev–Trinajstić information content (AvgIpc) is 2.78. The number of para-hydroxylation sites is 2. The lowest BCUT2D eigenvalue weighted by Gasteiger charge is -2.07. The van der Waals surface area contributed by atoms with Crippen molar-refractivity contribution in [3.05, 3.63) is 42.5 Å². The smallest absolute Gasteiger partial charge is 0.201 e. The number of rotatable bonds is 5. The van der Waals surface area contributed by atoms with Crippen molar-refractivity contribution in [2.24, 2.45) is 7.05 Å². The van der Waals surface area contributed by atoms with E-state index >= 15 is 0 Å².